The van der Waals surface area contributed by atoms with Crippen molar-refractivity contribution in [1.29, 1.82) is 0 Å². The van der Waals surface area contributed by atoms with Crippen molar-refractivity contribution in [3.63, 3.8) is 0 Å². The molecule has 0 spiro atoms. The minimum Gasteiger partial charge on any atom is -0.486 e. The van der Waals surface area contributed by atoms with Gasteiger partial charge in [-0.15, -0.1) is 0 Å². The van der Waals surface area contributed by atoms with Crippen LogP contribution in [0.5, 0.6) is 11.5 Å². The fourth-order valence-electron chi connectivity index (χ4n) is 1.95. The van der Waals surface area contributed by atoms with Gasteiger partial charge in [-0.25, -0.2) is 5.43 Å². The van der Waals surface area contributed by atoms with Crippen LogP contribution in [0.4, 0.5) is 0 Å². The number of nitrogens with one attached hydrogen (secondary N) is 2. The molecule has 1 amide bonds. The van der Waals surface area contributed by atoms with Crippen LogP contribution in [-0.2, 0) is 11.2 Å². The lowest BCUT2D eigenvalue weighted by atomic mass is 10.0. The molecule has 1 aromatic carbocycles. The third kappa shape index (κ3) is 2.92. The van der Waals surface area contributed by atoms with Gasteiger partial charge in [-0.2, -0.15) is 0 Å². The van der Waals surface area contributed by atoms with Crippen LogP contribution < -0.4 is 20.3 Å². The number of hydrogen-bond donors (Lipinski definition) is 2. The minimum absolute atomic E-state index is 0.0215. The van der Waals surface area contributed by atoms with Crippen LogP contribution in [0.1, 0.15) is 17.5 Å². The van der Waals surface area contributed by atoms with Gasteiger partial charge in [0.15, 0.2) is 11.5 Å². The van der Waals surface area contributed by atoms with Crippen LogP contribution in [0.2, 0.25) is 0 Å². The fourth-order valence-corrected chi connectivity index (χ4v) is 1.95. The van der Waals surface area contributed by atoms with Crippen molar-refractivity contribution >= 4 is 5.91 Å². The first-order valence-corrected chi connectivity index (χ1v) is 6.05. The summed E-state index contributed by atoms with van der Waals surface area (Å²) < 4.78 is 11.0. The molecule has 18 heavy (non-hydrogen) atoms. The number of hydrazine groups is 1. The monoisotopic (exact) mass is 250 g/mol. The van der Waals surface area contributed by atoms with E-state index in [1.54, 1.807) is 7.05 Å². The number of hydrogen-bond acceptors (Lipinski definition) is 4. The van der Waals surface area contributed by atoms with Gasteiger partial charge < -0.3 is 9.47 Å². The summed E-state index contributed by atoms with van der Waals surface area (Å²) in [6.07, 6.45) is 1.14. The lowest BCUT2D eigenvalue weighted by molar-refractivity contribution is -0.121. The molecule has 0 fully saturated rings. The standard InChI is InChI=1S/C13H18N2O3/c1-9-7-11-12(18-6-5-17-11)8-10(9)3-4-13(16)15-14-2/h7-8,14H,3-6H2,1-2H3,(H,15,16). The molecule has 1 aliphatic heterocycles. The van der Waals surface area contributed by atoms with E-state index < -0.39 is 0 Å². The molecule has 0 bridgehead atoms. The summed E-state index contributed by atoms with van der Waals surface area (Å²) in [7, 11) is 1.67. The number of aryl methyl sites for hydroxylation is 2. The summed E-state index contributed by atoms with van der Waals surface area (Å²) in [5.41, 5.74) is 7.41. The van der Waals surface area contributed by atoms with Crippen molar-refractivity contribution in [2.24, 2.45) is 0 Å². The molecule has 2 rings (SSSR count). The van der Waals surface area contributed by atoms with Crippen LogP contribution in [-0.4, -0.2) is 26.2 Å². The molecule has 1 heterocycles. The molecule has 5 nitrogen and oxygen atoms in total. The first-order chi connectivity index (χ1) is 8.70. The summed E-state index contributed by atoms with van der Waals surface area (Å²) in [5.74, 6) is 1.55. The van der Waals surface area contributed by atoms with E-state index >= 15 is 0 Å². The Morgan fingerprint density at radius 3 is 2.61 bits per heavy atom. The molecule has 1 aliphatic rings. The van der Waals surface area contributed by atoms with E-state index in [-0.39, 0.29) is 5.91 Å². The Balaban J connectivity index is 2.06. The maximum absolute atomic E-state index is 11.4. The number of fused-ring (bicyclic) bond motifs is 1. The van der Waals surface area contributed by atoms with Gasteiger partial charge in [-0.3, -0.25) is 10.2 Å². The highest BCUT2D eigenvalue weighted by molar-refractivity contribution is 5.75. The van der Waals surface area contributed by atoms with Crippen molar-refractivity contribution in [3.05, 3.63) is 23.3 Å². The largest absolute Gasteiger partial charge is 0.486 e. The molecule has 5 heteroatoms. The quantitative estimate of drug-likeness (QED) is 0.781. The second-order valence-electron chi connectivity index (χ2n) is 4.22. The number of rotatable bonds is 4. The zero-order valence-corrected chi connectivity index (χ0v) is 10.7. The second kappa shape index (κ2) is 5.73. The Hall–Kier alpha value is -1.75. The molecule has 0 aromatic heterocycles. The van der Waals surface area contributed by atoms with Crippen molar-refractivity contribution < 1.29 is 14.3 Å². The Kier molecular flexibility index (Phi) is 4.04. The highest BCUT2D eigenvalue weighted by Gasteiger charge is 2.14. The van der Waals surface area contributed by atoms with E-state index in [0.717, 1.165) is 22.6 Å². The Morgan fingerprint density at radius 2 is 1.94 bits per heavy atom. The average molecular weight is 250 g/mol. The summed E-state index contributed by atoms with van der Waals surface area (Å²) >= 11 is 0. The van der Waals surface area contributed by atoms with E-state index in [1.165, 1.54) is 0 Å². The summed E-state index contributed by atoms with van der Waals surface area (Å²) in [5, 5.41) is 0. The third-order valence-corrected chi connectivity index (χ3v) is 2.89. The molecular formula is C13H18N2O3. The highest BCUT2D eigenvalue weighted by atomic mass is 16.6. The Labute approximate surface area is 106 Å². The van der Waals surface area contributed by atoms with Gasteiger partial charge in [0.1, 0.15) is 13.2 Å². The van der Waals surface area contributed by atoms with E-state index in [1.807, 2.05) is 19.1 Å². The van der Waals surface area contributed by atoms with Crippen LogP contribution >= 0.6 is 0 Å². The van der Waals surface area contributed by atoms with E-state index in [2.05, 4.69) is 10.9 Å². The van der Waals surface area contributed by atoms with Gasteiger partial charge in [0.2, 0.25) is 5.91 Å². The third-order valence-electron chi connectivity index (χ3n) is 2.89. The van der Waals surface area contributed by atoms with Crippen molar-refractivity contribution in [2.45, 2.75) is 19.8 Å². The molecule has 0 saturated carbocycles. The number of ether oxygens (including phenoxy) is 2. The zero-order chi connectivity index (χ0) is 13.0. The van der Waals surface area contributed by atoms with E-state index in [9.17, 15) is 4.79 Å². The normalized spacial score (nSPS) is 13.2. The molecule has 0 atom stereocenters. The van der Waals surface area contributed by atoms with E-state index in [0.29, 0.717) is 26.1 Å². The summed E-state index contributed by atoms with van der Waals surface area (Å²) in [4.78, 5) is 11.4. The lowest BCUT2D eigenvalue weighted by Gasteiger charge is -2.20. The first-order valence-electron chi connectivity index (χ1n) is 6.05. The topological polar surface area (TPSA) is 59.6 Å². The van der Waals surface area contributed by atoms with Gasteiger partial charge in [0.25, 0.3) is 0 Å². The smallest absolute Gasteiger partial charge is 0.234 e. The summed E-state index contributed by atoms with van der Waals surface area (Å²) in [6, 6.07) is 3.94. The maximum atomic E-state index is 11.4. The van der Waals surface area contributed by atoms with Crippen LogP contribution in [0.15, 0.2) is 12.1 Å². The van der Waals surface area contributed by atoms with Crippen LogP contribution in [0.25, 0.3) is 0 Å². The van der Waals surface area contributed by atoms with Gasteiger partial charge in [-0.05, 0) is 36.6 Å². The van der Waals surface area contributed by atoms with Crippen LogP contribution in [0, 0.1) is 6.92 Å². The SMILES string of the molecule is CNNC(=O)CCc1cc2c(cc1C)OCCO2. The second-order valence-corrected chi connectivity index (χ2v) is 4.22. The number of carbonyl (C=O) groups excluding carboxylic acids is 1. The molecule has 0 aliphatic carbocycles. The molecule has 0 radical (unpaired) electrons. The van der Waals surface area contributed by atoms with Gasteiger partial charge in [0.05, 0.1) is 0 Å². The predicted molar refractivity (Wildman–Crippen MR) is 67.7 cm³/mol. The molecule has 98 valence electrons. The van der Waals surface area contributed by atoms with Crippen LogP contribution in [0.3, 0.4) is 0 Å². The number of amides is 1. The van der Waals surface area contributed by atoms with Crippen molar-refractivity contribution in [1.82, 2.24) is 10.9 Å². The molecular weight excluding hydrogens is 232 g/mol. The molecule has 2 N–H and O–H groups in total. The average Bonchev–Trinajstić information content (AvgIpc) is 2.36. The first kappa shape index (κ1) is 12.7. The molecule has 0 unspecified atom stereocenters. The van der Waals surface area contributed by atoms with Crippen molar-refractivity contribution in [2.75, 3.05) is 20.3 Å². The Bertz CT molecular complexity index is 446. The van der Waals surface area contributed by atoms with Crippen molar-refractivity contribution in [3.8, 4) is 11.5 Å². The molecule has 1 aromatic rings. The Morgan fingerprint density at radius 1 is 1.28 bits per heavy atom. The lowest BCUT2D eigenvalue weighted by Crippen LogP contribution is -2.34. The number of carbonyl (C=O) groups is 1. The number of benzene rings is 1. The van der Waals surface area contributed by atoms with Gasteiger partial charge in [0, 0.05) is 13.5 Å². The zero-order valence-electron chi connectivity index (χ0n) is 10.7. The van der Waals surface area contributed by atoms with E-state index in [4.69, 9.17) is 9.47 Å². The van der Waals surface area contributed by atoms with Gasteiger partial charge in [-0.1, -0.05) is 0 Å². The fraction of sp³-hybridized carbons (Fsp3) is 0.462. The highest BCUT2D eigenvalue weighted by Crippen LogP contribution is 2.33. The molecule has 0 saturated heterocycles. The summed E-state index contributed by atoms with van der Waals surface area (Å²) in [6.45, 7) is 3.19. The maximum Gasteiger partial charge on any atom is 0.234 e. The minimum atomic E-state index is -0.0215. The van der Waals surface area contributed by atoms with Gasteiger partial charge >= 0.3 is 0 Å². The predicted octanol–water partition coefficient (Wildman–Crippen LogP) is 0.949.